The fourth-order valence-corrected chi connectivity index (χ4v) is 3.40. The van der Waals surface area contributed by atoms with Gasteiger partial charge >= 0.3 is 5.97 Å². The van der Waals surface area contributed by atoms with E-state index in [4.69, 9.17) is 9.84 Å². The third kappa shape index (κ3) is 3.69. The maximum Gasteiger partial charge on any atom is 0.333 e. The van der Waals surface area contributed by atoms with Gasteiger partial charge in [0.2, 0.25) is 10.0 Å². The summed E-state index contributed by atoms with van der Waals surface area (Å²) in [6.07, 6.45) is 2.03. The zero-order valence-electron chi connectivity index (χ0n) is 11.4. The second kappa shape index (κ2) is 6.84. The zero-order chi connectivity index (χ0) is 15.3. The third-order valence-corrected chi connectivity index (χ3v) is 5.02. The summed E-state index contributed by atoms with van der Waals surface area (Å²) < 4.78 is 30.9. The Hall–Kier alpha value is -1.70. The molecule has 1 saturated heterocycles. The van der Waals surface area contributed by atoms with Gasteiger partial charge in [0.1, 0.15) is 0 Å². The average Bonchev–Trinajstić information content (AvgIpc) is 2.89. The summed E-state index contributed by atoms with van der Waals surface area (Å²) in [5, 5.41) is 9.07. The maximum atomic E-state index is 12.5. The van der Waals surface area contributed by atoms with E-state index in [1.165, 1.54) is 12.1 Å². The lowest BCUT2D eigenvalue weighted by molar-refractivity contribution is -0.135. The van der Waals surface area contributed by atoms with Crippen molar-refractivity contribution < 1.29 is 23.1 Å². The van der Waals surface area contributed by atoms with Crippen LogP contribution in [0.3, 0.4) is 0 Å². The van der Waals surface area contributed by atoms with Crippen LogP contribution in [0, 0.1) is 0 Å². The van der Waals surface area contributed by atoms with Crippen molar-refractivity contribution in [2.75, 3.05) is 26.3 Å². The second-order valence-electron chi connectivity index (χ2n) is 4.51. The van der Waals surface area contributed by atoms with Gasteiger partial charge in [-0.3, -0.25) is 0 Å². The minimum Gasteiger partial charge on any atom is -0.462 e. The molecule has 6 nitrogen and oxygen atoms in total. The number of carbonyl (C=O) groups excluding carboxylic acids is 1. The Balaban J connectivity index is 2.20. The average molecular weight is 311 g/mol. The monoisotopic (exact) mass is 311 g/mol. The largest absolute Gasteiger partial charge is 0.462 e. The number of carbonyl (C=O) groups is 1. The molecule has 2 rings (SSSR count). The molecule has 1 heterocycles. The van der Waals surface area contributed by atoms with Crippen LogP contribution in [0.4, 0.5) is 0 Å². The number of nitrogens with zero attached hydrogens (tertiary/aromatic N) is 1. The highest BCUT2D eigenvalue weighted by Gasteiger charge is 2.24. The number of rotatable bonds is 6. The first kappa shape index (κ1) is 15.7. The number of aliphatic hydroxyl groups excluding tert-OH is 1. The van der Waals surface area contributed by atoms with Gasteiger partial charge in [0.25, 0.3) is 0 Å². The molecule has 0 saturated carbocycles. The van der Waals surface area contributed by atoms with Crippen molar-refractivity contribution >= 4 is 16.0 Å². The topological polar surface area (TPSA) is 83.9 Å². The summed E-state index contributed by atoms with van der Waals surface area (Å²) in [7, 11) is -3.70. The number of benzene rings is 1. The zero-order valence-corrected chi connectivity index (χ0v) is 12.3. The molecule has 0 amide bonds. The van der Waals surface area contributed by atoms with Crippen LogP contribution in [0.2, 0.25) is 0 Å². The smallest absolute Gasteiger partial charge is 0.333 e. The lowest BCUT2D eigenvalue weighted by Gasteiger charge is -2.19. The van der Waals surface area contributed by atoms with Crippen molar-refractivity contribution in [1.82, 2.24) is 4.31 Å². The van der Waals surface area contributed by atoms with Gasteiger partial charge in [-0.25, -0.2) is 13.2 Å². The number of cyclic esters (lactones) is 1. The molecule has 0 bridgehead atoms. The fraction of sp³-hybridized carbons (Fsp3) is 0.357. The Morgan fingerprint density at radius 3 is 2.57 bits per heavy atom. The predicted molar refractivity (Wildman–Crippen MR) is 75.9 cm³/mol. The molecule has 21 heavy (non-hydrogen) atoms. The van der Waals surface area contributed by atoms with E-state index < -0.39 is 16.0 Å². The van der Waals surface area contributed by atoms with Gasteiger partial charge in [-0.15, -0.1) is 0 Å². The normalized spacial score (nSPS) is 17.4. The summed E-state index contributed by atoms with van der Waals surface area (Å²) in [4.78, 5) is 11.5. The van der Waals surface area contributed by atoms with Crippen molar-refractivity contribution in [1.29, 1.82) is 0 Å². The molecule has 1 aromatic rings. The van der Waals surface area contributed by atoms with Crippen LogP contribution in [0.5, 0.6) is 0 Å². The van der Waals surface area contributed by atoms with Crippen LogP contribution in [0.15, 0.2) is 46.9 Å². The summed E-state index contributed by atoms with van der Waals surface area (Å²) in [5.41, 5.74) is 0.473. The van der Waals surface area contributed by atoms with E-state index in [0.717, 1.165) is 4.31 Å². The second-order valence-corrected chi connectivity index (χ2v) is 6.45. The van der Waals surface area contributed by atoms with E-state index in [-0.39, 0.29) is 24.6 Å². The predicted octanol–water partition coefficient (Wildman–Crippen LogP) is 0.543. The van der Waals surface area contributed by atoms with E-state index in [9.17, 15) is 13.2 Å². The van der Waals surface area contributed by atoms with Gasteiger partial charge < -0.3 is 9.84 Å². The van der Waals surface area contributed by atoms with Gasteiger partial charge in [0.15, 0.2) is 0 Å². The van der Waals surface area contributed by atoms with Gasteiger partial charge in [-0.1, -0.05) is 24.3 Å². The number of aliphatic hydroxyl groups is 1. The van der Waals surface area contributed by atoms with Crippen LogP contribution < -0.4 is 0 Å². The number of sulfonamides is 1. The van der Waals surface area contributed by atoms with Crippen molar-refractivity contribution in [2.45, 2.75) is 11.3 Å². The Bertz CT molecular complexity index is 624. The number of hydrogen-bond acceptors (Lipinski definition) is 5. The molecule has 0 aliphatic carbocycles. The molecule has 0 spiro atoms. The number of esters is 1. The lowest BCUT2D eigenvalue weighted by atomic mass is 10.2. The van der Waals surface area contributed by atoms with E-state index in [1.54, 1.807) is 24.3 Å². The van der Waals surface area contributed by atoms with E-state index >= 15 is 0 Å². The molecule has 0 atom stereocenters. The van der Waals surface area contributed by atoms with Crippen LogP contribution in [0.25, 0.3) is 0 Å². The first-order valence-electron chi connectivity index (χ1n) is 6.58. The van der Waals surface area contributed by atoms with Gasteiger partial charge in [-0.2, -0.15) is 4.31 Å². The molecule has 0 aromatic heterocycles. The number of hydrogen-bond donors (Lipinski definition) is 1. The summed E-state index contributed by atoms with van der Waals surface area (Å²) in [5.74, 6) is -0.406. The summed E-state index contributed by atoms with van der Waals surface area (Å²) in [6.45, 7) is 0.0358. The van der Waals surface area contributed by atoms with Crippen molar-refractivity contribution in [2.24, 2.45) is 0 Å². The van der Waals surface area contributed by atoms with Crippen LogP contribution in [0.1, 0.15) is 6.42 Å². The highest BCUT2D eigenvalue weighted by molar-refractivity contribution is 7.89. The molecule has 1 aliphatic heterocycles. The van der Waals surface area contributed by atoms with Crippen molar-refractivity contribution in [3.8, 4) is 0 Å². The Labute approximate surface area is 123 Å². The molecular weight excluding hydrogens is 294 g/mol. The Morgan fingerprint density at radius 2 is 2.00 bits per heavy atom. The van der Waals surface area contributed by atoms with E-state index in [2.05, 4.69) is 0 Å². The first-order valence-corrected chi connectivity index (χ1v) is 8.02. The lowest BCUT2D eigenvalue weighted by Crippen LogP contribution is -2.34. The molecule has 1 aliphatic rings. The highest BCUT2D eigenvalue weighted by atomic mass is 32.2. The summed E-state index contributed by atoms with van der Waals surface area (Å²) in [6, 6.07) is 7.99. The van der Waals surface area contributed by atoms with Gasteiger partial charge in [0, 0.05) is 25.1 Å². The van der Waals surface area contributed by atoms with E-state index in [1.807, 2.05) is 0 Å². The quantitative estimate of drug-likeness (QED) is 0.612. The molecular formula is C14H17NO5S. The molecule has 1 N–H and O–H groups in total. The van der Waals surface area contributed by atoms with E-state index in [0.29, 0.717) is 18.6 Å². The minimum absolute atomic E-state index is 0.0300. The van der Waals surface area contributed by atoms with Crippen molar-refractivity contribution in [3.63, 3.8) is 0 Å². The molecule has 1 aromatic carbocycles. The maximum absolute atomic E-state index is 12.5. The van der Waals surface area contributed by atoms with Gasteiger partial charge in [-0.05, 0) is 12.1 Å². The molecule has 1 fully saturated rings. The minimum atomic E-state index is -3.70. The van der Waals surface area contributed by atoms with Crippen LogP contribution >= 0.6 is 0 Å². The van der Waals surface area contributed by atoms with Gasteiger partial charge in [0.05, 0.1) is 18.1 Å². The molecule has 0 unspecified atom stereocenters. The highest BCUT2D eigenvalue weighted by Crippen LogP contribution is 2.17. The molecule has 114 valence electrons. The third-order valence-electron chi connectivity index (χ3n) is 3.14. The fourth-order valence-electron chi connectivity index (χ4n) is 2.01. The molecule has 0 radical (unpaired) electrons. The first-order chi connectivity index (χ1) is 10.1. The van der Waals surface area contributed by atoms with Crippen LogP contribution in [-0.2, 0) is 19.6 Å². The number of ether oxygens (including phenoxy) is 1. The van der Waals surface area contributed by atoms with Crippen LogP contribution in [-0.4, -0.2) is 50.1 Å². The Kier molecular flexibility index (Phi) is 5.11. The molecule has 7 heteroatoms. The summed E-state index contributed by atoms with van der Waals surface area (Å²) >= 11 is 0. The van der Waals surface area contributed by atoms with Crippen molar-refractivity contribution in [3.05, 3.63) is 42.0 Å². The Morgan fingerprint density at radius 1 is 1.29 bits per heavy atom. The standard InChI is InChI=1S/C14H17NO5S/c16-10-9-15(8-6-12-7-11-20-14(12)17)21(18,19)13-4-2-1-3-5-13/h1-6,16H,7-11H2/b12-6+. The SMILES string of the molecule is O=C1OCC/C1=C\CN(CCO)S(=O)(=O)c1ccccc1.